The number of nitrogens with zero attached hydrogens (tertiary/aromatic N) is 2. The first-order valence-electron chi connectivity index (χ1n) is 8.76. The Bertz CT molecular complexity index is 994. The Morgan fingerprint density at radius 3 is 2.88 bits per heavy atom. The number of anilines is 1. The molecular formula is C22H20N2O2. The highest BCUT2D eigenvalue weighted by Gasteiger charge is 2.21. The molecule has 0 radical (unpaired) electrons. The van der Waals surface area contributed by atoms with Gasteiger partial charge in [0.25, 0.3) is 5.91 Å². The van der Waals surface area contributed by atoms with E-state index in [0.29, 0.717) is 0 Å². The summed E-state index contributed by atoms with van der Waals surface area (Å²) in [6, 6.07) is 16.0. The third-order valence-corrected chi connectivity index (χ3v) is 4.71. The van der Waals surface area contributed by atoms with E-state index in [-0.39, 0.29) is 5.91 Å². The van der Waals surface area contributed by atoms with Gasteiger partial charge in [0.15, 0.2) is 0 Å². The van der Waals surface area contributed by atoms with Gasteiger partial charge >= 0.3 is 0 Å². The zero-order valence-corrected chi connectivity index (χ0v) is 14.7. The molecule has 4 rings (SSSR count). The molecule has 2 aromatic carbocycles. The second-order valence-electron chi connectivity index (χ2n) is 6.37. The van der Waals surface area contributed by atoms with Crippen molar-refractivity contribution in [2.45, 2.75) is 12.8 Å². The number of hydrogen-bond donors (Lipinski definition) is 0. The lowest BCUT2D eigenvalue weighted by atomic mass is 10.1. The maximum Gasteiger partial charge on any atom is 0.251 e. The third kappa shape index (κ3) is 3.18. The number of aromatic nitrogens is 1. The van der Waals surface area contributed by atoms with Crippen LogP contribution in [-0.4, -0.2) is 24.5 Å². The largest absolute Gasteiger partial charge is 0.497 e. The molecule has 0 bridgehead atoms. The first kappa shape index (κ1) is 16.3. The van der Waals surface area contributed by atoms with Gasteiger partial charge in [-0.1, -0.05) is 18.2 Å². The maximum atomic E-state index is 12.7. The monoisotopic (exact) mass is 344 g/mol. The molecule has 0 aliphatic carbocycles. The Labute approximate surface area is 152 Å². The number of hydrogen-bond acceptors (Lipinski definition) is 3. The van der Waals surface area contributed by atoms with Gasteiger partial charge < -0.3 is 9.64 Å². The van der Waals surface area contributed by atoms with E-state index in [1.807, 2.05) is 53.4 Å². The van der Waals surface area contributed by atoms with E-state index < -0.39 is 0 Å². The number of methoxy groups -OCH3 is 1. The number of benzene rings is 2. The minimum absolute atomic E-state index is 0.00576. The van der Waals surface area contributed by atoms with Crippen LogP contribution in [0, 0.1) is 0 Å². The van der Waals surface area contributed by atoms with E-state index in [2.05, 4.69) is 11.1 Å². The lowest BCUT2D eigenvalue weighted by Crippen LogP contribution is -2.34. The lowest BCUT2D eigenvalue weighted by molar-refractivity contribution is -0.114. The Morgan fingerprint density at radius 2 is 2.00 bits per heavy atom. The average molecular weight is 344 g/mol. The van der Waals surface area contributed by atoms with Gasteiger partial charge in [-0.25, -0.2) is 0 Å². The average Bonchev–Trinajstić information content (AvgIpc) is 2.71. The van der Waals surface area contributed by atoms with Crippen molar-refractivity contribution >= 4 is 28.4 Å². The van der Waals surface area contributed by atoms with Gasteiger partial charge in [-0.2, -0.15) is 0 Å². The van der Waals surface area contributed by atoms with E-state index >= 15 is 0 Å². The Kier molecular flexibility index (Phi) is 4.40. The van der Waals surface area contributed by atoms with E-state index in [4.69, 9.17) is 4.74 Å². The number of rotatable bonds is 3. The van der Waals surface area contributed by atoms with Crippen molar-refractivity contribution in [2.24, 2.45) is 0 Å². The fourth-order valence-corrected chi connectivity index (χ4v) is 3.35. The molecule has 3 aromatic rings. The molecule has 26 heavy (non-hydrogen) atoms. The number of carbonyl (C=O) groups excluding carboxylic acids is 1. The number of amides is 1. The smallest absolute Gasteiger partial charge is 0.251 e. The highest BCUT2D eigenvalue weighted by atomic mass is 16.5. The summed E-state index contributed by atoms with van der Waals surface area (Å²) in [6.07, 6.45) is 7.18. The predicted molar refractivity (Wildman–Crippen MR) is 104 cm³/mol. The first-order chi connectivity index (χ1) is 12.7. The summed E-state index contributed by atoms with van der Waals surface area (Å²) >= 11 is 0. The fourth-order valence-electron chi connectivity index (χ4n) is 3.35. The molecule has 0 fully saturated rings. The van der Waals surface area contributed by atoms with Crippen molar-refractivity contribution in [3.63, 3.8) is 0 Å². The Hall–Kier alpha value is -3.14. The van der Waals surface area contributed by atoms with E-state index in [0.717, 1.165) is 52.9 Å². The number of pyridine rings is 1. The summed E-state index contributed by atoms with van der Waals surface area (Å²) in [5.74, 6) is 0.835. The van der Waals surface area contributed by atoms with E-state index in [1.54, 1.807) is 19.4 Å². The van der Waals surface area contributed by atoms with Crippen LogP contribution in [-0.2, 0) is 11.2 Å². The fraction of sp³-hybridized carbons (Fsp3) is 0.182. The van der Waals surface area contributed by atoms with Crippen LogP contribution >= 0.6 is 0 Å². The van der Waals surface area contributed by atoms with E-state index in [9.17, 15) is 4.79 Å². The van der Waals surface area contributed by atoms with Crippen LogP contribution in [0.2, 0.25) is 0 Å². The molecule has 1 aliphatic rings. The number of fused-ring (bicyclic) bond motifs is 2. The molecular weight excluding hydrogens is 324 g/mol. The molecule has 0 unspecified atom stereocenters. The van der Waals surface area contributed by atoms with Crippen molar-refractivity contribution < 1.29 is 9.53 Å². The highest BCUT2D eigenvalue weighted by Crippen LogP contribution is 2.26. The normalized spacial score (nSPS) is 13.8. The van der Waals surface area contributed by atoms with Gasteiger partial charge in [-0.15, -0.1) is 0 Å². The summed E-state index contributed by atoms with van der Waals surface area (Å²) in [5.41, 5.74) is 2.93. The zero-order valence-electron chi connectivity index (χ0n) is 14.7. The van der Waals surface area contributed by atoms with Crippen LogP contribution in [0.15, 0.2) is 60.8 Å². The second-order valence-corrected chi connectivity index (χ2v) is 6.37. The van der Waals surface area contributed by atoms with E-state index in [1.165, 1.54) is 0 Å². The van der Waals surface area contributed by atoms with Crippen molar-refractivity contribution in [3.8, 4) is 5.75 Å². The molecule has 1 aliphatic heterocycles. The standard InChI is InChI=1S/C22H20N2O2/c1-26-19-10-9-17-14-16(6-8-18(17)15-19)7-11-22(25)24-13-3-4-20-21(24)5-2-12-23-20/h2,5-12,14-15H,3-4,13H2,1H3/b11-7+. The quantitative estimate of drug-likeness (QED) is 0.668. The van der Waals surface area contributed by atoms with Gasteiger partial charge in [0.05, 0.1) is 18.5 Å². The summed E-state index contributed by atoms with van der Waals surface area (Å²) < 4.78 is 5.26. The minimum atomic E-state index is -0.00576. The molecule has 0 spiro atoms. The van der Waals surface area contributed by atoms with Crippen LogP contribution in [0.4, 0.5) is 5.69 Å². The molecule has 4 heteroatoms. The van der Waals surface area contributed by atoms with Crippen LogP contribution in [0.1, 0.15) is 17.7 Å². The van der Waals surface area contributed by atoms with Crippen molar-refractivity contribution in [3.05, 3.63) is 72.1 Å². The van der Waals surface area contributed by atoms with Gasteiger partial charge in [0.2, 0.25) is 0 Å². The molecule has 0 saturated heterocycles. The Balaban J connectivity index is 1.56. The van der Waals surface area contributed by atoms with Crippen LogP contribution in [0.3, 0.4) is 0 Å². The van der Waals surface area contributed by atoms with Crippen molar-refractivity contribution in [2.75, 3.05) is 18.6 Å². The lowest BCUT2D eigenvalue weighted by Gasteiger charge is -2.27. The summed E-state index contributed by atoms with van der Waals surface area (Å²) in [7, 11) is 1.66. The van der Waals surface area contributed by atoms with Crippen molar-refractivity contribution in [1.29, 1.82) is 0 Å². The maximum absolute atomic E-state index is 12.7. The summed E-state index contributed by atoms with van der Waals surface area (Å²) in [6.45, 7) is 0.735. The van der Waals surface area contributed by atoms with Gasteiger partial charge in [0.1, 0.15) is 5.75 Å². The molecule has 130 valence electrons. The predicted octanol–water partition coefficient (Wildman–Crippen LogP) is 4.24. The molecule has 0 atom stereocenters. The topological polar surface area (TPSA) is 42.4 Å². The summed E-state index contributed by atoms with van der Waals surface area (Å²) in [5, 5.41) is 2.23. The number of carbonyl (C=O) groups is 1. The zero-order chi connectivity index (χ0) is 17.9. The second kappa shape index (κ2) is 7.00. The molecule has 1 amide bonds. The van der Waals surface area contributed by atoms with Crippen molar-refractivity contribution in [1.82, 2.24) is 4.98 Å². The highest BCUT2D eigenvalue weighted by molar-refractivity contribution is 6.04. The van der Waals surface area contributed by atoms with Gasteiger partial charge in [-0.05, 0) is 65.6 Å². The van der Waals surface area contributed by atoms with Gasteiger partial charge in [0, 0.05) is 18.8 Å². The SMILES string of the molecule is COc1ccc2cc(/C=C/C(=O)N3CCCc4ncccc43)ccc2c1. The molecule has 0 N–H and O–H groups in total. The van der Waals surface area contributed by atoms with Crippen LogP contribution in [0.25, 0.3) is 16.8 Å². The van der Waals surface area contributed by atoms with Crippen LogP contribution < -0.4 is 9.64 Å². The third-order valence-electron chi connectivity index (χ3n) is 4.71. The van der Waals surface area contributed by atoms with Crippen LogP contribution in [0.5, 0.6) is 5.75 Å². The molecule has 0 saturated carbocycles. The summed E-state index contributed by atoms with van der Waals surface area (Å²) in [4.78, 5) is 18.9. The van der Waals surface area contributed by atoms with Gasteiger partial charge in [-0.3, -0.25) is 9.78 Å². The molecule has 1 aromatic heterocycles. The molecule has 2 heterocycles. The first-order valence-corrected chi connectivity index (χ1v) is 8.76. The minimum Gasteiger partial charge on any atom is -0.497 e. The molecule has 4 nitrogen and oxygen atoms in total. The number of ether oxygens (including phenoxy) is 1. The Morgan fingerprint density at radius 1 is 1.15 bits per heavy atom. The number of aryl methyl sites for hydroxylation is 1.